The quantitative estimate of drug-likeness (QED) is 0.266. The van der Waals surface area contributed by atoms with Crippen LogP contribution in [-0.4, -0.2) is 98.6 Å². The predicted molar refractivity (Wildman–Crippen MR) is 188 cm³/mol. The SMILES string of the molecule is CCOC[C@@H](CC(C)C)NC(=O)[C@H]1C[C@@H](C(=O)N(c2ccc3c(c2)N(CCCOC)C(=O)C(C)(C)O3)C2CC2)CN(C(=O)OC(C)(C)C)C1. The average Bonchev–Trinajstić information content (AvgIpc) is 3.86. The zero-order valence-electron chi connectivity index (χ0n) is 31.0. The Morgan fingerprint density at radius 3 is 2.43 bits per heavy atom. The van der Waals surface area contributed by atoms with Gasteiger partial charge in [0.2, 0.25) is 11.8 Å². The lowest BCUT2D eigenvalue weighted by Crippen LogP contribution is -2.55. The van der Waals surface area contributed by atoms with E-state index in [0.29, 0.717) is 62.2 Å². The summed E-state index contributed by atoms with van der Waals surface area (Å²) in [5, 5.41) is 3.16. The Balaban J connectivity index is 1.63. The van der Waals surface area contributed by atoms with Crippen LogP contribution in [0.5, 0.6) is 5.75 Å². The third kappa shape index (κ3) is 10.1. The van der Waals surface area contributed by atoms with Gasteiger partial charge in [0, 0.05) is 51.7 Å². The lowest BCUT2D eigenvalue weighted by molar-refractivity contribution is -0.133. The summed E-state index contributed by atoms with van der Waals surface area (Å²) in [6, 6.07) is 5.34. The van der Waals surface area contributed by atoms with Gasteiger partial charge in [-0.1, -0.05) is 13.8 Å². The number of fused-ring (bicyclic) bond motifs is 1. The Morgan fingerprint density at radius 2 is 1.82 bits per heavy atom. The summed E-state index contributed by atoms with van der Waals surface area (Å²) in [5.41, 5.74) is -0.507. The first-order valence-corrected chi connectivity index (χ1v) is 17.9. The third-order valence-corrected chi connectivity index (χ3v) is 8.96. The summed E-state index contributed by atoms with van der Waals surface area (Å²) in [4.78, 5) is 60.3. The monoisotopic (exact) mass is 686 g/mol. The van der Waals surface area contributed by atoms with E-state index in [2.05, 4.69) is 19.2 Å². The first-order chi connectivity index (χ1) is 23.0. The number of anilines is 2. The molecule has 1 aromatic carbocycles. The molecule has 2 heterocycles. The van der Waals surface area contributed by atoms with Crippen molar-refractivity contribution < 1.29 is 38.1 Å². The molecule has 4 amide bonds. The molecule has 1 saturated heterocycles. The van der Waals surface area contributed by atoms with Gasteiger partial charge < -0.3 is 39.0 Å². The summed E-state index contributed by atoms with van der Waals surface area (Å²) in [5.74, 6) is -0.853. The molecule has 1 aromatic rings. The number of benzene rings is 1. The molecule has 1 saturated carbocycles. The largest absolute Gasteiger partial charge is 0.476 e. The zero-order chi connectivity index (χ0) is 36.1. The maximum atomic E-state index is 14.6. The maximum absolute atomic E-state index is 14.6. The summed E-state index contributed by atoms with van der Waals surface area (Å²) < 4.78 is 22.7. The lowest BCUT2D eigenvalue weighted by Gasteiger charge is -2.40. The van der Waals surface area contributed by atoms with E-state index in [4.69, 9.17) is 18.9 Å². The van der Waals surface area contributed by atoms with Crippen LogP contribution in [0.3, 0.4) is 0 Å². The van der Waals surface area contributed by atoms with Crippen LogP contribution in [0, 0.1) is 17.8 Å². The van der Waals surface area contributed by atoms with Gasteiger partial charge in [-0.05, 0) is 97.8 Å². The van der Waals surface area contributed by atoms with Gasteiger partial charge >= 0.3 is 6.09 Å². The van der Waals surface area contributed by atoms with Crippen LogP contribution in [0.15, 0.2) is 18.2 Å². The molecule has 4 rings (SSSR count). The van der Waals surface area contributed by atoms with E-state index >= 15 is 0 Å². The number of rotatable bonds is 14. The highest BCUT2D eigenvalue weighted by Crippen LogP contribution is 2.43. The van der Waals surface area contributed by atoms with Crippen LogP contribution in [0.2, 0.25) is 0 Å². The number of nitrogens with one attached hydrogen (secondary N) is 1. The minimum absolute atomic E-state index is 0.0186. The number of carbonyl (C=O) groups excluding carboxylic acids is 4. The van der Waals surface area contributed by atoms with E-state index in [1.807, 2.05) is 25.1 Å². The minimum Gasteiger partial charge on any atom is -0.476 e. The average molecular weight is 687 g/mol. The van der Waals surface area contributed by atoms with Crippen molar-refractivity contribution >= 4 is 35.2 Å². The Kier molecular flexibility index (Phi) is 12.6. The fourth-order valence-electron chi connectivity index (χ4n) is 6.60. The number of likely N-dealkylation sites (tertiary alicyclic amines) is 1. The van der Waals surface area contributed by atoms with Crippen LogP contribution >= 0.6 is 0 Å². The number of hydrogen-bond donors (Lipinski definition) is 1. The van der Waals surface area contributed by atoms with Crippen molar-refractivity contribution in [2.75, 3.05) is 56.4 Å². The summed E-state index contributed by atoms with van der Waals surface area (Å²) in [6.45, 7) is 17.2. The van der Waals surface area contributed by atoms with Gasteiger partial charge in [0.25, 0.3) is 5.91 Å². The molecule has 1 N–H and O–H groups in total. The van der Waals surface area contributed by atoms with Gasteiger partial charge in [0.15, 0.2) is 5.60 Å². The molecule has 0 radical (unpaired) electrons. The molecule has 2 aliphatic heterocycles. The van der Waals surface area contributed by atoms with E-state index in [1.165, 1.54) is 4.90 Å². The first kappa shape index (κ1) is 38.4. The molecule has 3 atom stereocenters. The van der Waals surface area contributed by atoms with Gasteiger partial charge in [-0.15, -0.1) is 0 Å². The zero-order valence-corrected chi connectivity index (χ0v) is 31.0. The molecule has 49 heavy (non-hydrogen) atoms. The van der Waals surface area contributed by atoms with Gasteiger partial charge in [0.1, 0.15) is 11.4 Å². The molecule has 2 fully saturated rings. The van der Waals surface area contributed by atoms with E-state index < -0.39 is 29.1 Å². The van der Waals surface area contributed by atoms with Gasteiger partial charge in [-0.2, -0.15) is 0 Å². The number of nitrogens with zero attached hydrogens (tertiary/aromatic N) is 3. The van der Waals surface area contributed by atoms with E-state index in [-0.39, 0.29) is 42.9 Å². The smallest absolute Gasteiger partial charge is 0.410 e. The fourth-order valence-corrected chi connectivity index (χ4v) is 6.60. The van der Waals surface area contributed by atoms with Gasteiger partial charge in [-0.3, -0.25) is 14.4 Å². The number of amides is 4. The molecule has 12 nitrogen and oxygen atoms in total. The molecule has 0 unspecified atom stereocenters. The summed E-state index contributed by atoms with van der Waals surface area (Å²) >= 11 is 0. The lowest BCUT2D eigenvalue weighted by atomic mass is 9.87. The van der Waals surface area contributed by atoms with E-state index in [1.54, 1.807) is 51.5 Å². The van der Waals surface area contributed by atoms with Crippen LogP contribution in [0.1, 0.15) is 87.5 Å². The second kappa shape index (κ2) is 16.1. The van der Waals surface area contributed by atoms with E-state index in [0.717, 1.165) is 19.3 Å². The Morgan fingerprint density at radius 1 is 1.12 bits per heavy atom. The van der Waals surface area contributed by atoms with E-state index in [9.17, 15) is 19.2 Å². The number of methoxy groups -OCH3 is 1. The molecule has 1 aliphatic carbocycles. The molecular formula is C37H58N4O8. The number of ether oxygens (including phenoxy) is 4. The first-order valence-electron chi connectivity index (χ1n) is 17.9. The molecule has 0 bridgehead atoms. The van der Waals surface area contributed by atoms with Crippen molar-refractivity contribution in [1.82, 2.24) is 10.2 Å². The second-order valence-electron chi connectivity index (χ2n) is 15.5. The topological polar surface area (TPSA) is 127 Å². The highest BCUT2D eigenvalue weighted by molar-refractivity contribution is 6.04. The highest BCUT2D eigenvalue weighted by Gasteiger charge is 2.45. The minimum atomic E-state index is -1.03. The molecule has 3 aliphatic rings. The molecule has 12 heteroatoms. The highest BCUT2D eigenvalue weighted by atomic mass is 16.6. The molecular weight excluding hydrogens is 628 g/mol. The van der Waals surface area contributed by atoms with Crippen LogP contribution < -0.4 is 19.9 Å². The van der Waals surface area contributed by atoms with Gasteiger partial charge in [-0.25, -0.2) is 4.79 Å². The Bertz CT molecular complexity index is 1340. The number of piperidine rings is 1. The Labute approximate surface area is 292 Å². The number of carbonyl (C=O) groups is 4. The van der Waals surface area contributed by atoms with Crippen LogP contribution in [0.4, 0.5) is 16.2 Å². The van der Waals surface area contributed by atoms with Gasteiger partial charge in [0.05, 0.1) is 30.2 Å². The van der Waals surface area contributed by atoms with Crippen LogP contribution in [0.25, 0.3) is 0 Å². The fraction of sp³-hybridized carbons (Fsp3) is 0.730. The predicted octanol–water partition coefficient (Wildman–Crippen LogP) is 5.16. The van der Waals surface area contributed by atoms with Crippen molar-refractivity contribution in [2.24, 2.45) is 17.8 Å². The van der Waals surface area contributed by atoms with Crippen molar-refractivity contribution in [2.45, 2.75) is 111 Å². The maximum Gasteiger partial charge on any atom is 0.410 e. The van der Waals surface area contributed by atoms with Crippen LogP contribution in [-0.2, 0) is 28.6 Å². The molecule has 0 aromatic heterocycles. The second-order valence-corrected chi connectivity index (χ2v) is 15.5. The molecule has 0 spiro atoms. The van der Waals surface area contributed by atoms with Crippen molar-refractivity contribution in [1.29, 1.82) is 0 Å². The van der Waals surface area contributed by atoms with Crippen molar-refractivity contribution in [3.8, 4) is 5.75 Å². The van der Waals surface area contributed by atoms with Crippen molar-refractivity contribution in [3.63, 3.8) is 0 Å². The summed E-state index contributed by atoms with van der Waals surface area (Å²) in [6.07, 6.45) is 2.80. The standard InChI is InChI=1S/C37H58N4O8/c1-10-47-23-27(18-24(2)3)38-32(42)25-19-26(22-39(21-25)35(45)49-36(4,5)6)33(43)41(28-12-13-28)29-14-15-31-30(20-29)40(16-11-17-46-9)34(44)37(7,8)48-31/h14-15,20,24-28H,10-13,16-19,21-23H2,1-9H3,(H,38,42)/t25-,26+,27+/m0/s1. The molecule has 274 valence electrons. The third-order valence-electron chi connectivity index (χ3n) is 8.96. The normalized spacial score (nSPS) is 21.1. The van der Waals surface area contributed by atoms with Crippen molar-refractivity contribution in [3.05, 3.63) is 18.2 Å². The Hall–Kier alpha value is -3.38. The number of hydrogen-bond acceptors (Lipinski definition) is 8. The summed E-state index contributed by atoms with van der Waals surface area (Å²) in [7, 11) is 1.63.